The normalized spacial score (nSPS) is 15.6. The van der Waals surface area contributed by atoms with Gasteiger partial charge in [0.2, 0.25) is 0 Å². The molecule has 0 saturated heterocycles. The van der Waals surface area contributed by atoms with Crippen molar-refractivity contribution in [3.63, 3.8) is 0 Å². The van der Waals surface area contributed by atoms with Gasteiger partial charge in [-0.1, -0.05) is 6.08 Å². The highest BCUT2D eigenvalue weighted by atomic mass is 16.1. The molecule has 0 N–H and O–H groups in total. The van der Waals surface area contributed by atoms with E-state index in [-0.39, 0.29) is 11.6 Å². The van der Waals surface area contributed by atoms with Gasteiger partial charge >= 0.3 is 0 Å². The summed E-state index contributed by atoms with van der Waals surface area (Å²) in [7, 11) is 0. The molecular formula is C12H14O2. The molecule has 0 aromatic rings. The molecule has 0 radical (unpaired) electrons. The van der Waals surface area contributed by atoms with Gasteiger partial charge < -0.3 is 0 Å². The molecule has 0 spiro atoms. The van der Waals surface area contributed by atoms with Crippen LogP contribution >= 0.6 is 0 Å². The van der Waals surface area contributed by atoms with E-state index in [2.05, 4.69) is 6.58 Å². The van der Waals surface area contributed by atoms with Crippen LogP contribution in [0.2, 0.25) is 0 Å². The second kappa shape index (κ2) is 5.32. The summed E-state index contributed by atoms with van der Waals surface area (Å²) >= 11 is 0. The number of rotatable bonds is 5. The molecule has 2 nitrogen and oxygen atoms in total. The van der Waals surface area contributed by atoms with Crippen molar-refractivity contribution in [1.82, 2.24) is 0 Å². The summed E-state index contributed by atoms with van der Waals surface area (Å²) in [4.78, 5) is 22.3. The SMILES string of the molecule is C=CCCCCC1=CC(=O)C=CC1=O. The van der Waals surface area contributed by atoms with Gasteiger partial charge in [0.15, 0.2) is 11.6 Å². The fourth-order valence-electron chi connectivity index (χ4n) is 1.36. The number of unbranched alkanes of at least 4 members (excludes halogenated alkanes) is 2. The average Bonchev–Trinajstić information content (AvgIpc) is 2.18. The molecule has 0 atom stereocenters. The quantitative estimate of drug-likeness (QED) is 0.379. The van der Waals surface area contributed by atoms with Crippen LogP contribution in [-0.4, -0.2) is 11.6 Å². The molecule has 0 fully saturated rings. The molecule has 2 heteroatoms. The minimum Gasteiger partial charge on any atom is -0.290 e. The molecule has 0 saturated carbocycles. The Kier molecular flexibility index (Phi) is 4.05. The summed E-state index contributed by atoms with van der Waals surface area (Å²) in [5, 5.41) is 0. The summed E-state index contributed by atoms with van der Waals surface area (Å²) in [6.07, 6.45) is 9.59. The van der Waals surface area contributed by atoms with Crippen LogP contribution in [0.1, 0.15) is 25.7 Å². The van der Waals surface area contributed by atoms with Gasteiger partial charge in [-0.2, -0.15) is 0 Å². The predicted molar refractivity (Wildman–Crippen MR) is 55.9 cm³/mol. The Bertz CT molecular complexity index is 308. The minimum absolute atomic E-state index is 0.0248. The van der Waals surface area contributed by atoms with Gasteiger partial charge in [-0.25, -0.2) is 0 Å². The van der Waals surface area contributed by atoms with Gasteiger partial charge in [-0.15, -0.1) is 6.58 Å². The Balaban J connectivity index is 2.40. The highest BCUT2D eigenvalue weighted by Crippen LogP contribution is 2.13. The lowest BCUT2D eigenvalue weighted by Gasteiger charge is -2.05. The number of carbonyl (C=O) groups is 2. The fraction of sp³-hybridized carbons (Fsp3) is 0.333. The predicted octanol–water partition coefficient (Wildman–Crippen LogP) is 2.37. The van der Waals surface area contributed by atoms with Crippen molar-refractivity contribution in [2.45, 2.75) is 25.7 Å². The maximum Gasteiger partial charge on any atom is 0.182 e. The molecular weight excluding hydrogens is 176 g/mol. The van der Waals surface area contributed by atoms with Gasteiger partial charge in [0.25, 0.3) is 0 Å². The van der Waals surface area contributed by atoms with Crippen molar-refractivity contribution in [1.29, 1.82) is 0 Å². The van der Waals surface area contributed by atoms with Crippen LogP contribution in [0.5, 0.6) is 0 Å². The first-order valence-electron chi connectivity index (χ1n) is 4.82. The molecule has 1 aliphatic carbocycles. The monoisotopic (exact) mass is 190 g/mol. The van der Waals surface area contributed by atoms with Crippen LogP contribution in [-0.2, 0) is 9.59 Å². The molecule has 0 amide bonds. The Morgan fingerprint density at radius 3 is 2.71 bits per heavy atom. The molecule has 1 rings (SSSR count). The maximum absolute atomic E-state index is 11.3. The van der Waals surface area contributed by atoms with Crippen molar-refractivity contribution in [3.05, 3.63) is 36.5 Å². The Hall–Kier alpha value is -1.44. The van der Waals surface area contributed by atoms with E-state index in [1.165, 1.54) is 18.2 Å². The molecule has 0 unspecified atom stereocenters. The zero-order valence-electron chi connectivity index (χ0n) is 8.16. The summed E-state index contributed by atoms with van der Waals surface area (Å²) in [5.74, 6) is -0.105. The van der Waals surface area contributed by atoms with Gasteiger partial charge in [-0.3, -0.25) is 9.59 Å². The van der Waals surface area contributed by atoms with E-state index in [1.54, 1.807) is 0 Å². The summed E-state index contributed by atoms with van der Waals surface area (Å²) in [5.41, 5.74) is 0.640. The number of hydrogen-bond donors (Lipinski definition) is 0. The summed E-state index contributed by atoms with van der Waals surface area (Å²) < 4.78 is 0. The Labute approximate surface area is 84.0 Å². The lowest BCUT2D eigenvalue weighted by atomic mass is 9.98. The van der Waals surface area contributed by atoms with Crippen molar-refractivity contribution >= 4 is 11.6 Å². The second-order valence-electron chi connectivity index (χ2n) is 3.30. The van der Waals surface area contributed by atoms with Crippen molar-refractivity contribution in [3.8, 4) is 0 Å². The standard InChI is InChI=1S/C12H14O2/c1-2-3-4-5-6-10-9-11(13)7-8-12(10)14/h2,7-9H,1,3-6H2. The van der Waals surface area contributed by atoms with E-state index in [1.807, 2.05) is 6.08 Å². The van der Waals surface area contributed by atoms with E-state index >= 15 is 0 Å². The Morgan fingerprint density at radius 2 is 2.00 bits per heavy atom. The van der Waals surface area contributed by atoms with E-state index < -0.39 is 0 Å². The Morgan fingerprint density at radius 1 is 1.21 bits per heavy atom. The highest BCUT2D eigenvalue weighted by Gasteiger charge is 2.11. The largest absolute Gasteiger partial charge is 0.290 e. The molecule has 1 aliphatic rings. The van der Waals surface area contributed by atoms with E-state index in [9.17, 15) is 9.59 Å². The van der Waals surface area contributed by atoms with Crippen LogP contribution in [0.25, 0.3) is 0 Å². The molecule has 0 heterocycles. The lowest BCUT2D eigenvalue weighted by molar-refractivity contribution is -0.114. The van der Waals surface area contributed by atoms with Crippen LogP contribution in [0.4, 0.5) is 0 Å². The van der Waals surface area contributed by atoms with Gasteiger partial charge in [-0.05, 0) is 43.9 Å². The highest BCUT2D eigenvalue weighted by molar-refractivity contribution is 6.17. The van der Waals surface area contributed by atoms with Crippen LogP contribution in [0, 0.1) is 0 Å². The smallest absolute Gasteiger partial charge is 0.182 e. The van der Waals surface area contributed by atoms with Gasteiger partial charge in [0.1, 0.15) is 0 Å². The zero-order chi connectivity index (χ0) is 10.4. The zero-order valence-corrected chi connectivity index (χ0v) is 8.16. The molecule has 0 aliphatic heterocycles. The second-order valence-corrected chi connectivity index (χ2v) is 3.30. The third-order valence-corrected chi connectivity index (χ3v) is 2.14. The number of hydrogen-bond acceptors (Lipinski definition) is 2. The third-order valence-electron chi connectivity index (χ3n) is 2.14. The van der Waals surface area contributed by atoms with Crippen LogP contribution in [0.15, 0.2) is 36.5 Å². The van der Waals surface area contributed by atoms with Gasteiger partial charge in [0, 0.05) is 5.57 Å². The number of allylic oxidation sites excluding steroid dienone is 5. The van der Waals surface area contributed by atoms with E-state index in [0.717, 1.165) is 19.3 Å². The first-order valence-corrected chi connectivity index (χ1v) is 4.82. The number of ketones is 2. The average molecular weight is 190 g/mol. The first kappa shape index (κ1) is 10.6. The van der Waals surface area contributed by atoms with Crippen molar-refractivity contribution in [2.24, 2.45) is 0 Å². The van der Waals surface area contributed by atoms with E-state index in [4.69, 9.17) is 0 Å². The topological polar surface area (TPSA) is 34.1 Å². The third kappa shape index (κ3) is 3.13. The summed E-state index contributed by atoms with van der Waals surface area (Å²) in [6, 6.07) is 0. The minimum atomic E-state index is -0.0803. The fourth-order valence-corrected chi connectivity index (χ4v) is 1.36. The molecule has 74 valence electrons. The maximum atomic E-state index is 11.3. The van der Waals surface area contributed by atoms with Gasteiger partial charge in [0.05, 0.1) is 0 Å². The first-order chi connectivity index (χ1) is 6.74. The lowest BCUT2D eigenvalue weighted by Crippen LogP contribution is -2.07. The molecule has 0 aromatic heterocycles. The molecule has 0 aromatic carbocycles. The molecule has 0 bridgehead atoms. The van der Waals surface area contributed by atoms with Crippen molar-refractivity contribution < 1.29 is 9.59 Å². The van der Waals surface area contributed by atoms with Crippen molar-refractivity contribution in [2.75, 3.05) is 0 Å². The van der Waals surface area contributed by atoms with Crippen LogP contribution < -0.4 is 0 Å². The van der Waals surface area contributed by atoms with E-state index in [0.29, 0.717) is 12.0 Å². The summed E-state index contributed by atoms with van der Waals surface area (Å²) in [6.45, 7) is 3.63. The van der Waals surface area contributed by atoms with Crippen LogP contribution in [0.3, 0.4) is 0 Å². The molecule has 14 heavy (non-hydrogen) atoms. The number of carbonyl (C=O) groups excluding carboxylic acids is 2.